The molecule has 4 N–H and O–H groups in total. The van der Waals surface area contributed by atoms with E-state index in [0.717, 1.165) is 16.6 Å². The topological polar surface area (TPSA) is 152 Å². The van der Waals surface area contributed by atoms with Crippen LogP contribution in [0.25, 0.3) is 10.9 Å². The summed E-state index contributed by atoms with van der Waals surface area (Å²) >= 11 is 12.5. The van der Waals surface area contributed by atoms with E-state index in [1.807, 2.05) is 6.92 Å². The Bertz CT molecular complexity index is 1210. The van der Waals surface area contributed by atoms with Crippen LogP contribution in [0, 0.1) is 18.3 Å². The highest BCUT2D eigenvalue weighted by atomic mass is 35.5. The fraction of sp³-hybridized carbons (Fsp3) is 0.0556. The number of carbonyl (C=O) groups excluding carboxylic acids is 1. The van der Waals surface area contributed by atoms with Crippen molar-refractivity contribution in [3.05, 3.63) is 46.1 Å². The maximum absolute atomic E-state index is 11.5. The van der Waals surface area contributed by atoms with Gasteiger partial charge in [0.2, 0.25) is 5.71 Å². The van der Waals surface area contributed by atoms with Crippen molar-refractivity contribution in [1.82, 2.24) is 15.5 Å². The van der Waals surface area contributed by atoms with E-state index in [1.54, 1.807) is 18.2 Å². The Morgan fingerprint density at radius 3 is 2.60 bits per heavy atom. The summed E-state index contributed by atoms with van der Waals surface area (Å²) in [4.78, 5) is 22.0. The molecule has 2 aromatic carbocycles. The molecule has 0 fully saturated rings. The number of hydrogen-bond acceptors (Lipinski definition) is 7. The molecule has 30 heavy (non-hydrogen) atoms. The van der Waals surface area contributed by atoms with E-state index in [2.05, 4.69) is 20.7 Å². The predicted octanol–water partition coefficient (Wildman–Crippen LogP) is 4.06. The van der Waals surface area contributed by atoms with Crippen LogP contribution in [0.5, 0.6) is 11.5 Å². The first-order valence-corrected chi connectivity index (χ1v) is 8.93. The summed E-state index contributed by atoms with van der Waals surface area (Å²) in [6.07, 6.45) is -1.61. The van der Waals surface area contributed by atoms with Crippen LogP contribution < -0.4 is 15.5 Å². The maximum Gasteiger partial charge on any atom is 0.411 e. The van der Waals surface area contributed by atoms with Crippen LogP contribution in [0.4, 0.5) is 10.5 Å². The van der Waals surface area contributed by atoms with Crippen LogP contribution in [-0.4, -0.2) is 33.0 Å². The number of nitrogens with one attached hydrogen (secondary N) is 3. The summed E-state index contributed by atoms with van der Waals surface area (Å²) in [6.45, 7) is 1.88. The van der Waals surface area contributed by atoms with Crippen molar-refractivity contribution >= 4 is 57.5 Å². The van der Waals surface area contributed by atoms with E-state index in [-0.39, 0.29) is 21.5 Å². The molecule has 3 aromatic rings. The zero-order chi connectivity index (χ0) is 21.8. The van der Waals surface area contributed by atoms with E-state index in [9.17, 15) is 9.59 Å². The highest BCUT2D eigenvalue weighted by Crippen LogP contribution is 2.39. The van der Waals surface area contributed by atoms with Gasteiger partial charge in [-0.1, -0.05) is 23.2 Å². The second-order valence-corrected chi connectivity index (χ2v) is 6.66. The number of aryl methyl sites for hydroxylation is 1. The van der Waals surface area contributed by atoms with Crippen LogP contribution in [0.1, 0.15) is 5.69 Å². The number of nitrogens with zero attached hydrogens (tertiary/aromatic N) is 3. The molecule has 2 amide bonds. The fourth-order valence-corrected chi connectivity index (χ4v) is 2.99. The number of ether oxygens (including phenoxy) is 1. The molecule has 12 heteroatoms. The average molecular weight is 447 g/mol. The summed E-state index contributed by atoms with van der Waals surface area (Å²) in [6, 6.07) is 9.60. The lowest BCUT2D eigenvalue weighted by atomic mass is 10.2. The van der Waals surface area contributed by atoms with Crippen LogP contribution in [-0.2, 0) is 4.79 Å². The molecule has 0 radical (unpaired) electrons. The molecule has 10 nitrogen and oxygen atoms in total. The number of H-pyrrole nitrogens is 1. The number of halogens is 2. The highest BCUT2D eigenvalue weighted by Gasteiger charge is 2.15. The molecular weight excluding hydrogens is 435 g/mol. The lowest BCUT2D eigenvalue weighted by Gasteiger charge is -2.11. The standard InChI is InChI=1S/C18H12Cl2N6O4/c1-8-11-6-10(2-3-14(11)25-23-8)30-16-12(19)4-9(5-13(16)20)24-26-15(7-21)17(27)22-18(28)29/h2-6,24H,1H3,(H,22,27)(H,23,25)(H,28,29)/b26-15-. The van der Waals surface area contributed by atoms with Gasteiger partial charge in [0.1, 0.15) is 11.8 Å². The lowest BCUT2D eigenvalue weighted by Crippen LogP contribution is -2.34. The molecule has 0 saturated carbocycles. The second-order valence-electron chi connectivity index (χ2n) is 5.84. The molecule has 1 heterocycles. The number of aromatic nitrogens is 2. The number of fused-ring (bicyclic) bond motifs is 1. The third-order valence-corrected chi connectivity index (χ3v) is 4.33. The van der Waals surface area contributed by atoms with Crippen molar-refractivity contribution < 1.29 is 19.4 Å². The van der Waals surface area contributed by atoms with Crippen molar-refractivity contribution in [3.63, 3.8) is 0 Å². The molecule has 1 aromatic heterocycles. The van der Waals surface area contributed by atoms with Crippen LogP contribution >= 0.6 is 23.2 Å². The minimum absolute atomic E-state index is 0.137. The first-order chi connectivity index (χ1) is 14.3. The van der Waals surface area contributed by atoms with Gasteiger partial charge in [-0.3, -0.25) is 20.6 Å². The molecule has 0 aliphatic carbocycles. The Balaban J connectivity index is 1.81. The van der Waals surface area contributed by atoms with Gasteiger partial charge < -0.3 is 9.84 Å². The number of nitriles is 1. The SMILES string of the molecule is Cc1[nH]nc2ccc(Oc3c(Cl)cc(N/N=C(/C#N)C(=O)NC(=O)O)cc3Cl)cc12. The monoisotopic (exact) mass is 446 g/mol. The number of aromatic amines is 1. The van der Waals surface area contributed by atoms with Crippen molar-refractivity contribution in [1.29, 1.82) is 5.26 Å². The number of hydrogen-bond donors (Lipinski definition) is 4. The Morgan fingerprint density at radius 1 is 1.27 bits per heavy atom. The molecule has 3 rings (SSSR count). The zero-order valence-corrected chi connectivity index (χ0v) is 16.7. The Labute approximate surface area is 179 Å². The number of carbonyl (C=O) groups is 2. The van der Waals surface area contributed by atoms with Gasteiger partial charge in [-0.05, 0) is 37.3 Å². The van der Waals surface area contributed by atoms with E-state index in [0.29, 0.717) is 5.75 Å². The number of imide groups is 1. The number of anilines is 1. The Kier molecular flexibility index (Phi) is 6.06. The maximum atomic E-state index is 11.5. The molecule has 0 saturated heterocycles. The first-order valence-electron chi connectivity index (χ1n) is 8.18. The third kappa shape index (κ3) is 4.60. The summed E-state index contributed by atoms with van der Waals surface area (Å²) in [5, 5.41) is 30.7. The third-order valence-electron chi connectivity index (χ3n) is 3.77. The summed E-state index contributed by atoms with van der Waals surface area (Å²) < 4.78 is 5.81. The van der Waals surface area contributed by atoms with Crippen molar-refractivity contribution in [2.45, 2.75) is 6.92 Å². The number of carboxylic acid groups (broad SMARTS) is 1. The number of hydrazone groups is 1. The molecule has 0 atom stereocenters. The molecule has 0 bridgehead atoms. The molecular formula is C18H12Cl2N6O4. The van der Waals surface area contributed by atoms with E-state index in [1.165, 1.54) is 23.5 Å². The quantitative estimate of drug-likeness (QED) is 0.340. The van der Waals surface area contributed by atoms with Crippen molar-refractivity contribution in [3.8, 4) is 17.6 Å². The Morgan fingerprint density at radius 2 is 1.97 bits per heavy atom. The second kappa shape index (κ2) is 8.69. The number of amides is 2. The van der Waals surface area contributed by atoms with Crippen LogP contribution in [0.2, 0.25) is 10.0 Å². The van der Waals surface area contributed by atoms with E-state index < -0.39 is 17.7 Å². The molecule has 0 aliphatic rings. The fourth-order valence-electron chi connectivity index (χ4n) is 2.42. The molecule has 0 aliphatic heterocycles. The van der Waals surface area contributed by atoms with Gasteiger partial charge in [0.05, 0.1) is 21.2 Å². The normalized spacial score (nSPS) is 11.1. The lowest BCUT2D eigenvalue weighted by molar-refractivity contribution is -0.114. The van der Waals surface area contributed by atoms with Gasteiger partial charge in [0.15, 0.2) is 5.75 Å². The summed E-state index contributed by atoms with van der Waals surface area (Å²) in [5.41, 5.74) is 3.64. The zero-order valence-electron chi connectivity index (χ0n) is 15.2. The number of benzene rings is 2. The van der Waals surface area contributed by atoms with Crippen LogP contribution in [0.15, 0.2) is 35.4 Å². The first kappa shape index (κ1) is 20.9. The largest absolute Gasteiger partial charge is 0.465 e. The average Bonchev–Trinajstić information content (AvgIpc) is 3.05. The van der Waals surface area contributed by atoms with Gasteiger partial charge in [0.25, 0.3) is 5.91 Å². The van der Waals surface area contributed by atoms with Gasteiger partial charge in [-0.15, -0.1) is 0 Å². The molecule has 152 valence electrons. The molecule has 0 unspecified atom stereocenters. The van der Waals surface area contributed by atoms with Crippen molar-refractivity contribution in [2.75, 3.05) is 5.43 Å². The number of rotatable bonds is 5. The summed E-state index contributed by atoms with van der Waals surface area (Å²) in [7, 11) is 0. The minimum Gasteiger partial charge on any atom is -0.465 e. The predicted molar refractivity (Wildman–Crippen MR) is 110 cm³/mol. The van der Waals surface area contributed by atoms with E-state index >= 15 is 0 Å². The van der Waals surface area contributed by atoms with Gasteiger partial charge in [-0.25, -0.2) is 4.79 Å². The Hall–Kier alpha value is -3.81. The van der Waals surface area contributed by atoms with Crippen LogP contribution in [0.3, 0.4) is 0 Å². The highest BCUT2D eigenvalue weighted by molar-refractivity contribution is 6.46. The minimum atomic E-state index is -1.61. The van der Waals surface area contributed by atoms with Gasteiger partial charge in [-0.2, -0.15) is 15.5 Å². The van der Waals surface area contributed by atoms with E-state index in [4.69, 9.17) is 38.3 Å². The summed E-state index contributed by atoms with van der Waals surface area (Å²) in [5.74, 6) is -0.497. The van der Waals surface area contributed by atoms with Gasteiger partial charge in [0, 0.05) is 11.1 Å². The molecule has 0 spiro atoms. The smallest absolute Gasteiger partial charge is 0.411 e. The van der Waals surface area contributed by atoms with Crippen molar-refractivity contribution in [2.24, 2.45) is 5.10 Å². The van der Waals surface area contributed by atoms with Gasteiger partial charge >= 0.3 is 6.09 Å².